The Bertz CT molecular complexity index is 1110. The normalized spacial score (nSPS) is 12.5. The average Bonchev–Trinajstić information content (AvgIpc) is 3.14. The molecule has 9 heteroatoms. The minimum atomic E-state index is -4.06. The van der Waals surface area contributed by atoms with Crippen molar-refractivity contribution >= 4 is 15.8 Å². The Balaban J connectivity index is 2.00. The molecule has 0 unspecified atom stereocenters. The molecule has 0 saturated carbocycles. The Kier molecular flexibility index (Phi) is 6.63. The number of aryl methyl sites for hydroxylation is 1. The fourth-order valence-corrected chi connectivity index (χ4v) is 4.28. The van der Waals surface area contributed by atoms with Crippen LogP contribution in [0.4, 0.5) is 0 Å². The predicted octanol–water partition coefficient (Wildman–Crippen LogP) is 1.82. The van der Waals surface area contributed by atoms with Crippen LogP contribution in [0, 0.1) is 6.92 Å². The first-order valence-electron chi connectivity index (χ1n) is 9.38. The third kappa shape index (κ3) is 5.11. The molecule has 30 heavy (non-hydrogen) atoms. The highest BCUT2D eigenvalue weighted by molar-refractivity contribution is 7.91. The van der Waals surface area contributed by atoms with Crippen molar-refractivity contribution in [2.45, 2.75) is 31.1 Å². The molecule has 1 aromatic heterocycles. The zero-order valence-electron chi connectivity index (χ0n) is 16.9. The Morgan fingerprint density at radius 3 is 2.37 bits per heavy atom. The number of rotatable bonds is 8. The third-order valence-electron chi connectivity index (χ3n) is 4.65. The summed E-state index contributed by atoms with van der Waals surface area (Å²) < 4.78 is 31.6. The van der Waals surface area contributed by atoms with E-state index in [0.717, 1.165) is 23.8 Å². The monoisotopic (exact) mass is 428 g/mol. The van der Waals surface area contributed by atoms with Crippen LogP contribution in [0.15, 0.2) is 59.8 Å². The van der Waals surface area contributed by atoms with Gasteiger partial charge >= 0.3 is 5.97 Å². The molecule has 1 atom stereocenters. The molecule has 0 aliphatic carbocycles. The lowest BCUT2D eigenvalue weighted by Crippen LogP contribution is -2.24. The third-order valence-corrected chi connectivity index (χ3v) is 6.12. The van der Waals surface area contributed by atoms with E-state index in [1.165, 1.54) is 4.57 Å². The molecule has 0 fully saturated rings. The van der Waals surface area contributed by atoms with Crippen molar-refractivity contribution in [1.29, 1.82) is 0 Å². The number of methoxy groups -OCH3 is 1. The van der Waals surface area contributed by atoms with Crippen molar-refractivity contribution in [3.8, 4) is 0 Å². The number of aromatic nitrogens is 3. The van der Waals surface area contributed by atoms with Crippen LogP contribution in [-0.2, 0) is 32.3 Å². The maximum atomic E-state index is 12.8. The number of nitrogens with two attached hydrogens (primary N) is 1. The van der Waals surface area contributed by atoms with E-state index in [2.05, 4.69) is 14.9 Å². The van der Waals surface area contributed by atoms with E-state index in [9.17, 15) is 13.2 Å². The van der Waals surface area contributed by atoms with E-state index in [0.29, 0.717) is 12.2 Å². The lowest BCUT2D eigenvalue weighted by atomic mass is 10.1. The maximum Gasteiger partial charge on any atom is 0.321 e. The molecule has 0 spiro atoms. The highest BCUT2D eigenvalue weighted by atomic mass is 32.2. The molecule has 3 rings (SSSR count). The zero-order chi connectivity index (χ0) is 21.7. The van der Waals surface area contributed by atoms with Gasteiger partial charge < -0.3 is 10.5 Å². The van der Waals surface area contributed by atoms with Crippen molar-refractivity contribution in [1.82, 2.24) is 14.8 Å². The Hall–Kier alpha value is -3.04. The highest BCUT2D eigenvalue weighted by Crippen LogP contribution is 2.21. The van der Waals surface area contributed by atoms with Gasteiger partial charge in [0.05, 0.1) is 19.7 Å². The minimum absolute atomic E-state index is 0.209. The van der Waals surface area contributed by atoms with Crippen molar-refractivity contribution in [2.75, 3.05) is 12.9 Å². The first-order chi connectivity index (χ1) is 14.3. The average molecular weight is 429 g/mol. The summed E-state index contributed by atoms with van der Waals surface area (Å²) in [6.45, 7) is 2.18. The standard InChI is InChI=1S/C21H24N4O4S/c1-15-8-10-17(11-9-15)13-25-20(18(22)12-16-6-4-3-5-7-16)23-24-21(25)30(27,28)14-19(26)29-2/h3-11,18H,12-14,22H2,1-2H3/t18-/m0/s1. The quantitative estimate of drug-likeness (QED) is 0.544. The maximum absolute atomic E-state index is 12.8. The summed E-state index contributed by atoms with van der Waals surface area (Å²) in [5, 5.41) is 7.67. The van der Waals surface area contributed by atoms with Gasteiger partial charge in [0.25, 0.3) is 5.16 Å². The molecule has 2 aromatic carbocycles. The molecular weight excluding hydrogens is 404 g/mol. The first-order valence-corrected chi connectivity index (χ1v) is 11.0. The number of ether oxygens (including phenoxy) is 1. The van der Waals surface area contributed by atoms with Gasteiger partial charge in [-0.1, -0.05) is 60.2 Å². The van der Waals surface area contributed by atoms with Crippen LogP contribution in [0.5, 0.6) is 0 Å². The zero-order valence-corrected chi connectivity index (χ0v) is 17.7. The minimum Gasteiger partial charge on any atom is -0.468 e. The molecule has 0 radical (unpaired) electrons. The number of carbonyl (C=O) groups excluding carboxylic acids is 1. The second-order valence-corrected chi connectivity index (χ2v) is 8.93. The van der Waals surface area contributed by atoms with E-state index < -0.39 is 27.6 Å². The van der Waals surface area contributed by atoms with Gasteiger partial charge in [0.15, 0.2) is 11.6 Å². The molecule has 0 aliphatic heterocycles. The summed E-state index contributed by atoms with van der Waals surface area (Å²) in [5.74, 6) is -1.35. The van der Waals surface area contributed by atoms with Gasteiger partial charge in [-0.25, -0.2) is 8.42 Å². The molecule has 0 saturated heterocycles. The fourth-order valence-electron chi connectivity index (χ4n) is 3.07. The fraction of sp³-hybridized carbons (Fsp3) is 0.286. The van der Waals surface area contributed by atoms with Gasteiger partial charge in [0, 0.05) is 0 Å². The van der Waals surface area contributed by atoms with Crippen LogP contribution in [-0.4, -0.2) is 42.0 Å². The highest BCUT2D eigenvalue weighted by Gasteiger charge is 2.29. The van der Waals surface area contributed by atoms with Crippen LogP contribution in [0.1, 0.15) is 28.6 Å². The van der Waals surface area contributed by atoms with E-state index in [4.69, 9.17) is 5.73 Å². The van der Waals surface area contributed by atoms with Crippen LogP contribution < -0.4 is 5.73 Å². The summed E-state index contributed by atoms with van der Waals surface area (Å²) >= 11 is 0. The van der Waals surface area contributed by atoms with Crippen LogP contribution in [0.3, 0.4) is 0 Å². The van der Waals surface area contributed by atoms with E-state index >= 15 is 0 Å². The number of hydrogen-bond acceptors (Lipinski definition) is 7. The number of carbonyl (C=O) groups is 1. The largest absolute Gasteiger partial charge is 0.468 e. The number of benzene rings is 2. The molecule has 3 aromatic rings. The van der Waals surface area contributed by atoms with Crippen molar-refractivity contribution < 1.29 is 17.9 Å². The van der Waals surface area contributed by atoms with Crippen LogP contribution in [0.2, 0.25) is 0 Å². The molecule has 0 amide bonds. The van der Waals surface area contributed by atoms with E-state index in [1.54, 1.807) is 0 Å². The molecule has 1 heterocycles. The lowest BCUT2D eigenvalue weighted by Gasteiger charge is -2.15. The van der Waals surface area contributed by atoms with Gasteiger partial charge in [-0.3, -0.25) is 9.36 Å². The number of esters is 1. The van der Waals surface area contributed by atoms with Crippen molar-refractivity contribution in [3.63, 3.8) is 0 Å². The second-order valence-electron chi connectivity index (χ2n) is 7.04. The van der Waals surface area contributed by atoms with Crippen LogP contribution in [0.25, 0.3) is 0 Å². The Labute approximate surface area is 175 Å². The Morgan fingerprint density at radius 1 is 1.07 bits per heavy atom. The molecular formula is C21H24N4O4S. The van der Waals surface area contributed by atoms with Crippen molar-refractivity contribution in [3.05, 3.63) is 77.1 Å². The van der Waals surface area contributed by atoms with Gasteiger partial charge in [-0.2, -0.15) is 0 Å². The van der Waals surface area contributed by atoms with Crippen LogP contribution >= 0.6 is 0 Å². The smallest absolute Gasteiger partial charge is 0.321 e. The summed E-state index contributed by atoms with van der Waals surface area (Å²) in [4.78, 5) is 11.6. The van der Waals surface area contributed by atoms with Gasteiger partial charge in [0.1, 0.15) is 0 Å². The Morgan fingerprint density at radius 2 is 1.73 bits per heavy atom. The summed E-state index contributed by atoms with van der Waals surface area (Å²) in [6.07, 6.45) is 0.462. The summed E-state index contributed by atoms with van der Waals surface area (Å²) in [7, 11) is -2.92. The summed E-state index contributed by atoms with van der Waals surface area (Å²) in [6, 6.07) is 16.7. The SMILES string of the molecule is COC(=O)CS(=O)(=O)c1nnc([C@@H](N)Cc2ccccc2)n1Cc1ccc(C)cc1. The van der Waals surface area contributed by atoms with E-state index in [-0.39, 0.29) is 11.7 Å². The number of hydrogen-bond donors (Lipinski definition) is 1. The van der Waals surface area contributed by atoms with Gasteiger partial charge in [-0.15, -0.1) is 10.2 Å². The van der Waals surface area contributed by atoms with Gasteiger partial charge in [-0.05, 0) is 24.5 Å². The molecule has 8 nitrogen and oxygen atoms in total. The second kappa shape index (κ2) is 9.19. The lowest BCUT2D eigenvalue weighted by molar-refractivity contribution is -0.137. The molecule has 0 aliphatic rings. The summed E-state index contributed by atoms with van der Waals surface area (Å²) in [5.41, 5.74) is 9.32. The molecule has 2 N–H and O–H groups in total. The van der Waals surface area contributed by atoms with Crippen molar-refractivity contribution in [2.24, 2.45) is 5.73 Å². The molecule has 158 valence electrons. The topological polar surface area (TPSA) is 117 Å². The van der Waals surface area contributed by atoms with E-state index in [1.807, 2.05) is 61.5 Å². The number of sulfone groups is 1. The van der Waals surface area contributed by atoms with Gasteiger partial charge in [0.2, 0.25) is 9.84 Å². The first kappa shape index (κ1) is 21.7. The predicted molar refractivity (Wildman–Crippen MR) is 111 cm³/mol. The molecule has 0 bridgehead atoms. The number of nitrogens with zero attached hydrogens (tertiary/aromatic N) is 3.